The van der Waals surface area contributed by atoms with E-state index in [1.54, 1.807) is 0 Å². The first kappa shape index (κ1) is 50.4. The second-order valence-electron chi connectivity index (χ2n) is 23.9. The van der Waals surface area contributed by atoms with E-state index in [4.69, 9.17) is 0 Å². The Labute approximate surface area is 525 Å². The van der Waals surface area contributed by atoms with Gasteiger partial charge in [-0.1, -0.05) is 0 Å². The van der Waals surface area contributed by atoms with E-state index in [1.807, 2.05) is 0 Å². The van der Waals surface area contributed by atoms with Crippen molar-refractivity contribution in [3.63, 3.8) is 0 Å². The second kappa shape index (κ2) is 19.9. The Morgan fingerprint density at radius 1 is 0.202 bits per heavy atom. The van der Waals surface area contributed by atoms with Crippen LogP contribution in [0.4, 0.5) is 68.2 Å². The van der Waals surface area contributed by atoms with Crippen molar-refractivity contribution in [2.24, 2.45) is 0 Å². The van der Waals surface area contributed by atoms with Gasteiger partial charge in [-0.25, -0.2) is 0 Å². The van der Waals surface area contributed by atoms with Crippen molar-refractivity contribution in [3.8, 4) is 66.8 Å². The summed E-state index contributed by atoms with van der Waals surface area (Å²) in [5.41, 5.74) is 34.4. The Kier molecular flexibility index (Phi) is 11.2. The molecule has 0 fully saturated rings. The maximum atomic E-state index is 2.68. The SMILES string of the molecule is c1ccc(-c2cc(-c3ccccc3)cc(N3c4ccc(-c5ccccc5)cc4B4c5[se]c6c7c5N(c5ccccc5N7c5cccc7c5B6c5ccc(-c6ccccc6)cc5N7c5cc(-c6ccccc6)cc(-c6ccccc6)c5)c5cccc3c54)c2)cc1. The van der Waals surface area contributed by atoms with Gasteiger partial charge < -0.3 is 0 Å². The van der Waals surface area contributed by atoms with Gasteiger partial charge in [0.2, 0.25) is 0 Å². The number of hydrogen-bond acceptors (Lipinski definition) is 4. The fourth-order valence-corrected chi connectivity index (χ4v) is 18.5. The molecule has 89 heavy (non-hydrogen) atoms. The number of fused-ring (bicyclic) bond motifs is 11. The molecule has 5 aliphatic heterocycles. The molecule has 13 aromatic carbocycles. The molecule has 14 aromatic rings. The van der Waals surface area contributed by atoms with Gasteiger partial charge in [0.15, 0.2) is 0 Å². The van der Waals surface area contributed by atoms with Crippen molar-refractivity contribution in [2.45, 2.75) is 0 Å². The summed E-state index contributed by atoms with van der Waals surface area (Å²) in [6.45, 7) is -0.0345. The molecule has 0 N–H and O–H groups in total. The molecule has 0 spiro atoms. The van der Waals surface area contributed by atoms with E-state index >= 15 is 0 Å². The van der Waals surface area contributed by atoms with Gasteiger partial charge in [-0.05, 0) is 0 Å². The molecule has 6 heterocycles. The molecular weight excluding hydrogens is 1140 g/mol. The van der Waals surface area contributed by atoms with Crippen LogP contribution in [0, 0.1) is 0 Å². The molecule has 7 heteroatoms. The van der Waals surface area contributed by atoms with Crippen LogP contribution in [0.5, 0.6) is 0 Å². The summed E-state index contributed by atoms with van der Waals surface area (Å²) in [6, 6.07) is 118. The first-order chi connectivity index (χ1) is 44.2. The van der Waals surface area contributed by atoms with Gasteiger partial charge in [-0.2, -0.15) is 0 Å². The molecule has 0 atom stereocenters. The van der Waals surface area contributed by atoms with E-state index in [2.05, 4.69) is 335 Å². The fraction of sp³-hybridized carbons (Fsp3) is 0. The van der Waals surface area contributed by atoms with E-state index in [0.717, 1.165) is 11.4 Å². The predicted octanol–water partition coefficient (Wildman–Crippen LogP) is 17.2. The Morgan fingerprint density at radius 3 is 0.944 bits per heavy atom. The molecule has 0 saturated carbocycles. The number of nitrogens with zero attached hydrogens (tertiary/aromatic N) is 4. The molecular formula is C82H52B2N4Se. The van der Waals surface area contributed by atoms with Gasteiger partial charge in [-0.3, -0.25) is 0 Å². The molecule has 0 saturated heterocycles. The maximum absolute atomic E-state index is 2.68. The summed E-state index contributed by atoms with van der Waals surface area (Å²) in [7, 11) is 0. The minimum absolute atomic E-state index is 0.0120. The van der Waals surface area contributed by atoms with Gasteiger partial charge in [0.05, 0.1) is 0 Å². The zero-order chi connectivity index (χ0) is 58.3. The van der Waals surface area contributed by atoms with E-state index < -0.39 is 0 Å². The molecule has 0 radical (unpaired) electrons. The van der Waals surface area contributed by atoms with Crippen LogP contribution < -0.4 is 50.1 Å². The molecule has 5 aliphatic rings. The summed E-state index contributed by atoms with van der Waals surface area (Å²) < 4.78 is 3.03. The van der Waals surface area contributed by atoms with E-state index in [0.29, 0.717) is 0 Å². The predicted molar refractivity (Wildman–Crippen MR) is 378 cm³/mol. The van der Waals surface area contributed by atoms with Crippen molar-refractivity contribution in [1.82, 2.24) is 0 Å². The molecule has 4 nitrogen and oxygen atoms in total. The fourth-order valence-electron chi connectivity index (χ4n) is 15.2. The zero-order valence-electron chi connectivity index (χ0n) is 48.4. The zero-order valence-corrected chi connectivity index (χ0v) is 50.1. The third kappa shape index (κ3) is 7.69. The number of benzene rings is 13. The van der Waals surface area contributed by atoms with Crippen LogP contribution in [-0.4, -0.2) is 27.9 Å². The van der Waals surface area contributed by atoms with E-state index in [9.17, 15) is 0 Å². The Bertz CT molecular complexity index is 5060. The normalized spacial score (nSPS) is 13.3. The summed E-state index contributed by atoms with van der Waals surface area (Å²) in [6.07, 6.45) is 0. The number of para-hydroxylation sites is 2. The molecule has 0 unspecified atom stereocenters. The van der Waals surface area contributed by atoms with Crippen molar-refractivity contribution in [3.05, 3.63) is 315 Å². The first-order valence-electron chi connectivity index (χ1n) is 30.8. The Hall–Kier alpha value is -10.8. The third-order valence-corrected chi connectivity index (χ3v) is 21.8. The monoisotopic (exact) mass is 1190 g/mol. The van der Waals surface area contributed by atoms with Crippen LogP contribution in [-0.2, 0) is 0 Å². The summed E-state index contributed by atoms with van der Waals surface area (Å²) in [4.78, 5) is 10.6. The topological polar surface area (TPSA) is 13.0 Å². The van der Waals surface area contributed by atoms with Gasteiger partial charge in [0.25, 0.3) is 0 Å². The molecule has 0 aliphatic carbocycles. The molecule has 412 valence electrons. The summed E-state index contributed by atoms with van der Waals surface area (Å²) >= 11 is -0.116. The number of hydrogen-bond donors (Lipinski definition) is 0. The van der Waals surface area contributed by atoms with Crippen LogP contribution >= 0.6 is 0 Å². The quantitative estimate of drug-likeness (QED) is 0.141. The number of rotatable bonds is 8. The average molecular weight is 1190 g/mol. The average Bonchev–Trinajstić information content (AvgIpc) is 1.62. The minimum atomic E-state index is -0.116. The van der Waals surface area contributed by atoms with Crippen molar-refractivity contribution in [2.75, 3.05) is 19.6 Å². The van der Waals surface area contributed by atoms with Crippen molar-refractivity contribution in [1.29, 1.82) is 0 Å². The van der Waals surface area contributed by atoms with Crippen LogP contribution in [0.1, 0.15) is 0 Å². The van der Waals surface area contributed by atoms with Crippen LogP contribution in [0.25, 0.3) is 66.8 Å². The van der Waals surface area contributed by atoms with Crippen molar-refractivity contribution >= 4 is 127 Å². The Morgan fingerprint density at radius 2 is 0.528 bits per heavy atom. The van der Waals surface area contributed by atoms with Gasteiger partial charge in [0, 0.05) is 0 Å². The van der Waals surface area contributed by atoms with Gasteiger partial charge in [0.1, 0.15) is 0 Å². The molecule has 0 bridgehead atoms. The van der Waals surface area contributed by atoms with E-state index in [-0.39, 0.29) is 27.9 Å². The van der Waals surface area contributed by atoms with E-state index in [1.165, 1.54) is 154 Å². The van der Waals surface area contributed by atoms with Crippen molar-refractivity contribution < 1.29 is 0 Å². The molecule has 0 amide bonds. The van der Waals surface area contributed by atoms with Crippen LogP contribution in [0.2, 0.25) is 0 Å². The second-order valence-corrected chi connectivity index (χ2v) is 26.2. The summed E-state index contributed by atoms with van der Waals surface area (Å²) in [5.74, 6) is 0. The Balaban J connectivity index is 0.876. The summed E-state index contributed by atoms with van der Waals surface area (Å²) in [5, 5.41) is 0. The van der Waals surface area contributed by atoms with Gasteiger partial charge >= 0.3 is 529 Å². The first-order valence-corrected chi connectivity index (χ1v) is 32.5. The van der Waals surface area contributed by atoms with Gasteiger partial charge in [-0.15, -0.1) is 0 Å². The van der Waals surface area contributed by atoms with Crippen LogP contribution in [0.15, 0.2) is 315 Å². The third-order valence-electron chi connectivity index (χ3n) is 19.1. The molecule has 19 rings (SSSR count). The molecule has 1 aromatic heterocycles. The van der Waals surface area contributed by atoms with Crippen LogP contribution in [0.3, 0.4) is 0 Å². The standard InChI is InChI=1S/C82H52B2N4Se/c1-7-23-53(24-8-1)59-42-44-69-68(51-59)84-78-72(85(69)65-47-61(55-27-11-3-12-28-55)45-62(48-65)56-29-13-4-14-30-56)37-21-40-75(78)88-71-36-20-19-35-70(71)87-74-39-22-38-73-77(74)83(81-79(87)80(88)82(84)89-81)67-43-41-60(54-25-9-2-10-26-54)52-76(67)86(73)66-49-63(57-31-15-5-16-32-57)46-64(50-66)58-33-17-6-18-34-58/h1-52H. The number of anilines is 12.